The number of halogens is 4. The van der Waals surface area contributed by atoms with Crippen LogP contribution in [0.5, 0.6) is 0 Å². The van der Waals surface area contributed by atoms with E-state index in [2.05, 4.69) is 30.5 Å². The molecule has 1 aliphatic carbocycles. The summed E-state index contributed by atoms with van der Waals surface area (Å²) in [5.41, 5.74) is 7.79. The average molecular weight is 591 g/mol. The molecule has 3 unspecified atom stereocenters. The summed E-state index contributed by atoms with van der Waals surface area (Å²) in [6.45, 7) is 0. The summed E-state index contributed by atoms with van der Waals surface area (Å²) in [6.07, 6.45) is -1.31. The minimum atomic E-state index is -4.66. The van der Waals surface area contributed by atoms with Gasteiger partial charge in [-0.15, -0.1) is 5.10 Å². The van der Waals surface area contributed by atoms with Gasteiger partial charge in [0.05, 0.1) is 41.0 Å². The fourth-order valence-corrected chi connectivity index (χ4v) is 6.00. The highest BCUT2D eigenvalue weighted by Crippen LogP contribution is 2.59. The summed E-state index contributed by atoms with van der Waals surface area (Å²) in [5, 5.41) is 15.0. The Morgan fingerprint density at radius 2 is 1.98 bits per heavy atom. The molecule has 3 atom stereocenters. The molecule has 5 heterocycles. The Morgan fingerprint density at radius 3 is 2.79 bits per heavy atom. The Bertz CT molecular complexity index is 2110. The lowest BCUT2D eigenvalue weighted by Gasteiger charge is -2.17. The average Bonchev–Trinajstić information content (AvgIpc) is 3.37. The number of aromatic amines is 2. The molecule has 1 aliphatic heterocycles. The number of anilines is 1. The van der Waals surface area contributed by atoms with Gasteiger partial charge in [-0.05, 0) is 42.7 Å². The Balaban J connectivity index is 1.18. The van der Waals surface area contributed by atoms with Crippen molar-refractivity contribution in [2.45, 2.75) is 24.6 Å². The fraction of sp³-hybridized carbons (Fsp3) is 0.185. The number of aromatic nitrogens is 9. The van der Waals surface area contributed by atoms with Crippen LogP contribution in [0.25, 0.3) is 39.1 Å². The van der Waals surface area contributed by atoms with Gasteiger partial charge in [-0.25, -0.2) is 14.6 Å². The third-order valence-electron chi connectivity index (χ3n) is 7.88. The van der Waals surface area contributed by atoms with Gasteiger partial charge in [0, 0.05) is 33.5 Å². The molecule has 2 aliphatic rings. The van der Waals surface area contributed by atoms with Gasteiger partial charge in [-0.3, -0.25) is 14.5 Å². The molecular formula is C27H18ClF3N10O. The van der Waals surface area contributed by atoms with Crippen LogP contribution in [0.2, 0.25) is 5.02 Å². The standard InChI is InChI=1S/C27H18ClF3N10O/c28-12-2-4-20(40-10-21(37-39-40)27(29,30)31)16(6-12)17-8-22(42)41-23(14-7-15(14)26(41)35-17)25-33-9-19(34-25)11-1-3-13-18(5-11)36-38-24(13)32/h1-6,8-10,14-15,23H,7H2,(H,33,34)(H3,32,36,38). The molecule has 0 radical (unpaired) electrons. The first-order chi connectivity index (χ1) is 20.2. The molecule has 4 N–H and O–H groups in total. The molecule has 15 heteroatoms. The number of nitrogens with two attached hydrogens (primary N) is 1. The molecular weight excluding hydrogens is 573 g/mol. The molecule has 210 valence electrons. The predicted molar refractivity (Wildman–Crippen MR) is 146 cm³/mol. The highest BCUT2D eigenvalue weighted by atomic mass is 35.5. The quantitative estimate of drug-likeness (QED) is 0.269. The molecule has 0 bridgehead atoms. The molecule has 42 heavy (non-hydrogen) atoms. The molecule has 6 aromatic rings. The minimum Gasteiger partial charge on any atom is -0.382 e. The topological polar surface area (TPSA) is 149 Å². The van der Waals surface area contributed by atoms with Crippen molar-refractivity contribution in [1.29, 1.82) is 0 Å². The van der Waals surface area contributed by atoms with Crippen LogP contribution in [0.15, 0.2) is 59.7 Å². The second kappa shape index (κ2) is 8.52. The predicted octanol–water partition coefficient (Wildman–Crippen LogP) is 4.72. The first-order valence-electron chi connectivity index (χ1n) is 12.9. The molecule has 0 saturated heterocycles. The van der Waals surface area contributed by atoms with Gasteiger partial charge >= 0.3 is 6.18 Å². The van der Waals surface area contributed by atoms with E-state index < -0.39 is 11.9 Å². The van der Waals surface area contributed by atoms with Crippen LogP contribution >= 0.6 is 11.6 Å². The normalized spacial score (nSPS) is 19.3. The van der Waals surface area contributed by atoms with Crippen LogP contribution in [-0.2, 0) is 6.18 Å². The third-order valence-corrected chi connectivity index (χ3v) is 8.11. The minimum absolute atomic E-state index is 0.0476. The van der Waals surface area contributed by atoms with Gasteiger partial charge in [0.15, 0.2) is 11.5 Å². The van der Waals surface area contributed by atoms with Crippen LogP contribution in [-0.4, -0.2) is 44.7 Å². The maximum Gasteiger partial charge on any atom is 0.436 e. The van der Waals surface area contributed by atoms with E-state index in [1.165, 1.54) is 18.2 Å². The van der Waals surface area contributed by atoms with Crippen molar-refractivity contribution < 1.29 is 13.2 Å². The zero-order valence-corrected chi connectivity index (χ0v) is 22.0. The summed E-state index contributed by atoms with van der Waals surface area (Å²) >= 11 is 6.25. The molecule has 4 aromatic heterocycles. The van der Waals surface area contributed by atoms with Crippen molar-refractivity contribution in [3.05, 3.63) is 87.6 Å². The van der Waals surface area contributed by atoms with Crippen molar-refractivity contribution in [3.63, 3.8) is 0 Å². The number of H-pyrrole nitrogens is 2. The van der Waals surface area contributed by atoms with Gasteiger partial charge in [0.2, 0.25) is 0 Å². The number of hydrogen-bond acceptors (Lipinski definition) is 7. The van der Waals surface area contributed by atoms with Crippen LogP contribution in [0.3, 0.4) is 0 Å². The van der Waals surface area contributed by atoms with Crippen molar-refractivity contribution >= 4 is 28.3 Å². The van der Waals surface area contributed by atoms with Gasteiger partial charge < -0.3 is 10.7 Å². The van der Waals surface area contributed by atoms with E-state index in [4.69, 9.17) is 22.3 Å². The highest BCUT2D eigenvalue weighted by Gasteiger charge is 2.55. The van der Waals surface area contributed by atoms with Crippen LogP contribution in [0.1, 0.15) is 35.7 Å². The van der Waals surface area contributed by atoms with Gasteiger partial charge in [0.25, 0.3) is 5.56 Å². The van der Waals surface area contributed by atoms with E-state index in [1.54, 1.807) is 16.8 Å². The lowest BCUT2D eigenvalue weighted by atomic mass is 10.1. The lowest BCUT2D eigenvalue weighted by molar-refractivity contribution is -0.141. The summed E-state index contributed by atoms with van der Waals surface area (Å²) in [5.74, 6) is 1.85. The van der Waals surface area contributed by atoms with Gasteiger partial charge in [-0.2, -0.15) is 18.3 Å². The molecule has 8 rings (SSSR count). The summed E-state index contributed by atoms with van der Waals surface area (Å²) in [7, 11) is 0. The fourth-order valence-electron chi connectivity index (χ4n) is 5.83. The second-order valence-electron chi connectivity index (χ2n) is 10.4. The Kier molecular flexibility index (Phi) is 5.03. The van der Waals surface area contributed by atoms with Crippen molar-refractivity contribution in [2.24, 2.45) is 5.92 Å². The number of benzene rings is 2. The van der Waals surface area contributed by atoms with E-state index in [1.807, 2.05) is 18.2 Å². The van der Waals surface area contributed by atoms with Crippen LogP contribution < -0.4 is 11.3 Å². The number of rotatable bonds is 4. The van der Waals surface area contributed by atoms with E-state index in [0.717, 1.165) is 39.5 Å². The van der Waals surface area contributed by atoms with Crippen molar-refractivity contribution in [3.8, 4) is 28.2 Å². The van der Waals surface area contributed by atoms with E-state index in [0.29, 0.717) is 28.1 Å². The van der Waals surface area contributed by atoms with Crippen molar-refractivity contribution in [2.75, 3.05) is 5.73 Å². The molecule has 0 spiro atoms. The van der Waals surface area contributed by atoms with Crippen molar-refractivity contribution in [1.82, 2.24) is 44.7 Å². The number of imidazole rings is 1. The van der Waals surface area contributed by atoms with E-state index in [-0.39, 0.29) is 34.8 Å². The van der Waals surface area contributed by atoms with E-state index >= 15 is 0 Å². The number of fused-ring (bicyclic) bond motifs is 4. The Hall–Kier alpha value is -4.98. The zero-order valence-electron chi connectivity index (χ0n) is 21.3. The molecule has 1 saturated carbocycles. The number of nitrogen functional groups attached to an aromatic ring is 1. The number of alkyl halides is 3. The van der Waals surface area contributed by atoms with E-state index in [9.17, 15) is 18.0 Å². The maximum absolute atomic E-state index is 13.6. The summed E-state index contributed by atoms with van der Waals surface area (Å²) in [6, 6.07) is 11.3. The van der Waals surface area contributed by atoms with Crippen LogP contribution in [0.4, 0.5) is 19.0 Å². The highest BCUT2D eigenvalue weighted by molar-refractivity contribution is 6.31. The van der Waals surface area contributed by atoms with Crippen LogP contribution in [0, 0.1) is 5.92 Å². The molecule has 1 fully saturated rings. The third kappa shape index (κ3) is 3.75. The SMILES string of the molecule is Nc1n[nH]c2cc(-c3cnc(C4C5CC5c5nc(-c6cc(Cl)ccc6-n6cc(C(F)(F)F)nn6)cc(=O)n54)[nH]3)ccc12. The first-order valence-corrected chi connectivity index (χ1v) is 13.3. The summed E-state index contributed by atoms with van der Waals surface area (Å²) < 4.78 is 42.2. The number of nitrogens with zero attached hydrogens (tertiary/aromatic N) is 7. The Labute approximate surface area is 238 Å². The largest absolute Gasteiger partial charge is 0.436 e. The number of nitrogens with one attached hydrogen (secondary N) is 2. The smallest absolute Gasteiger partial charge is 0.382 e. The molecule has 2 aromatic carbocycles. The molecule has 0 amide bonds. The second-order valence-corrected chi connectivity index (χ2v) is 10.9. The van der Waals surface area contributed by atoms with Gasteiger partial charge in [0.1, 0.15) is 11.6 Å². The lowest BCUT2D eigenvalue weighted by Crippen LogP contribution is -2.27. The Morgan fingerprint density at radius 1 is 1.12 bits per heavy atom. The number of hydrogen-bond donors (Lipinski definition) is 3. The summed E-state index contributed by atoms with van der Waals surface area (Å²) in [4.78, 5) is 26.4. The van der Waals surface area contributed by atoms with Gasteiger partial charge in [-0.1, -0.05) is 22.9 Å². The first kappa shape index (κ1) is 24.8. The molecule has 11 nitrogen and oxygen atoms in total. The monoisotopic (exact) mass is 590 g/mol. The maximum atomic E-state index is 13.6. The zero-order chi connectivity index (χ0) is 28.9.